The Balaban J connectivity index is 1.03. The summed E-state index contributed by atoms with van der Waals surface area (Å²) in [5.41, 5.74) is 3.82. The molecule has 2 saturated heterocycles. The highest BCUT2D eigenvalue weighted by Crippen LogP contribution is 2.50. The number of hydrogen-bond acceptors (Lipinski definition) is 11. The number of hydrogen-bond donors (Lipinski definition) is 5. The van der Waals surface area contributed by atoms with E-state index in [1.54, 1.807) is 23.5 Å². The lowest BCUT2D eigenvalue weighted by atomic mass is 10.0. The second-order valence-electron chi connectivity index (χ2n) is 15.2. The van der Waals surface area contributed by atoms with E-state index in [9.17, 15) is 19.5 Å². The van der Waals surface area contributed by atoms with Gasteiger partial charge in [0.05, 0.1) is 56.1 Å². The third-order valence-corrected chi connectivity index (χ3v) is 13.4. The van der Waals surface area contributed by atoms with Crippen molar-refractivity contribution >= 4 is 41.6 Å². The fraction of sp³-hybridized carbons (Fsp3) is 0.475. The molecule has 0 bridgehead atoms. The van der Waals surface area contributed by atoms with Gasteiger partial charge in [0.15, 0.2) is 0 Å². The molecular weight excluding hydrogens is 753 g/mol. The molecule has 2 aromatic heterocycles. The summed E-state index contributed by atoms with van der Waals surface area (Å²) >= 11 is 3.47. The van der Waals surface area contributed by atoms with Gasteiger partial charge >= 0.3 is 12.2 Å². The first-order valence-electron chi connectivity index (χ1n) is 19.1. The molecular formula is C40H50N8O6S2. The van der Waals surface area contributed by atoms with Crippen LogP contribution in [0, 0.1) is 11.8 Å². The Morgan fingerprint density at radius 1 is 0.768 bits per heavy atom. The molecule has 3 amide bonds. The van der Waals surface area contributed by atoms with Crippen LogP contribution in [0.25, 0.3) is 22.5 Å². The van der Waals surface area contributed by atoms with Crippen molar-refractivity contribution in [3.63, 3.8) is 0 Å². The maximum atomic E-state index is 13.6. The van der Waals surface area contributed by atoms with Gasteiger partial charge in [-0.05, 0) is 61.8 Å². The number of benzene rings is 2. The van der Waals surface area contributed by atoms with Crippen LogP contribution < -0.4 is 10.6 Å². The second kappa shape index (κ2) is 16.9. The number of likely N-dealkylation sites (tertiary alicyclic amines) is 2. The normalized spacial score (nSPS) is 19.7. The van der Waals surface area contributed by atoms with Gasteiger partial charge < -0.3 is 40.1 Å². The molecule has 0 aliphatic carbocycles. The standard InChI is InChI=1S/C40H50N8O6S2/c1-21(2)33(45-39(51)53-5)37(49)47-15-7-9-27(47)35-41-19-25(43-35)23-11-13-29-31(17-23)55-30-14-12-24(18-32(30)56-29)26-20-42-36(44-26)28-10-8-16-48(28)38(50)34(22(3)4)46-40(52)54-6/h11-14,17-22,27-28,33-34,37,49H,7-10,15-16H2,1-6H3,(H,41,43)(H,42,44)(H,45,51)(H,46,52)/t27-,28-,33-,34-,37?/m0/s1. The molecule has 4 aromatic rings. The molecule has 2 aromatic carbocycles. The van der Waals surface area contributed by atoms with Gasteiger partial charge in [0.25, 0.3) is 0 Å². The molecule has 0 spiro atoms. The number of aromatic nitrogens is 4. The maximum Gasteiger partial charge on any atom is 0.407 e. The van der Waals surface area contributed by atoms with Crippen LogP contribution in [0.15, 0.2) is 68.4 Å². The van der Waals surface area contributed by atoms with Crippen LogP contribution >= 0.6 is 23.5 Å². The van der Waals surface area contributed by atoms with E-state index in [1.807, 2.05) is 49.9 Å². The minimum absolute atomic E-state index is 0.00657. The smallest absolute Gasteiger partial charge is 0.407 e. The molecule has 0 radical (unpaired) electrons. The molecule has 3 aliphatic heterocycles. The number of fused-ring (bicyclic) bond motifs is 2. The summed E-state index contributed by atoms with van der Waals surface area (Å²) in [6.07, 6.45) is 5.00. The molecule has 3 aliphatic rings. The van der Waals surface area contributed by atoms with Gasteiger partial charge in [-0.25, -0.2) is 19.6 Å². The Morgan fingerprint density at radius 2 is 1.30 bits per heavy atom. The van der Waals surface area contributed by atoms with Crippen molar-refractivity contribution in [1.82, 2.24) is 40.4 Å². The molecule has 5 atom stereocenters. The molecule has 0 saturated carbocycles. The SMILES string of the molecule is COC(=O)N[C@@H](C(C)C)C(O)N1CCC[C@H]1c1ncc(-c2ccc3c(c2)Sc2ccc(-c4cnc([C@@H]5CCCN5C(=O)[C@@H](NC(=O)OC)C(C)C)[nH]4)cc2S3)[nH]1. The van der Waals surface area contributed by atoms with Crippen LogP contribution in [0.3, 0.4) is 0 Å². The van der Waals surface area contributed by atoms with Crippen molar-refractivity contribution in [2.75, 3.05) is 27.3 Å². The summed E-state index contributed by atoms with van der Waals surface area (Å²) in [6, 6.07) is 11.4. The number of aliphatic hydroxyl groups excluding tert-OH is 1. The summed E-state index contributed by atoms with van der Waals surface area (Å²) in [5, 5.41) is 16.9. The second-order valence-corrected chi connectivity index (χ2v) is 17.3. The largest absolute Gasteiger partial charge is 0.453 e. The Labute approximate surface area is 335 Å². The number of aromatic amines is 2. The van der Waals surface area contributed by atoms with E-state index >= 15 is 0 Å². The van der Waals surface area contributed by atoms with Crippen LogP contribution in [0.4, 0.5) is 9.59 Å². The quantitative estimate of drug-likeness (QED) is 0.0933. The Hall–Kier alpha value is -4.51. The van der Waals surface area contributed by atoms with E-state index in [1.165, 1.54) is 14.2 Å². The highest BCUT2D eigenvalue weighted by atomic mass is 32.2. The van der Waals surface area contributed by atoms with E-state index in [0.29, 0.717) is 13.1 Å². The van der Waals surface area contributed by atoms with Gasteiger partial charge in [0, 0.05) is 43.8 Å². The van der Waals surface area contributed by atoms with E-state index in [-0.39, 0.29) is 29.8 Å². The third-order valence-electron chi connectivity index (χ3n) is 10.8. The first kappa shape index (κ1) is 39.7. The van der Waals surface area contributed by atoms with Crippen molar-refractivity contribution < 1.29 is 29.0 Å². The summed E-state index contributed by atoms with van der Waals surface area (Å²) < 4.78 is 9.58. The molecule has 298 valence electrons. The summed E-state index contributed by atoms with van der Waals surface area (Å²) in [7, 11) is 2.62. The topological polar surface area (TPSA) is 178 Å². The number of H-pyrrole nitrogens is 2. The number of alkyl carbamates (subject to hydrolysis) is 2. The number of amides is 3. The predicted octanol–water partition coefficient (Wildman–Crippen LogP) is 6.96. The zero-order valence-corrected chi connectivity index (χ0v) is 34.1. The fourth-order valence-corrected chi connectivity index (χ4v) is 10.1. The lowest BCUT2D eigenvalue weighted by Crippen LogP contribution is -2.54. The molecule has 1 unspecified atom stereocenters. The molecule has 14 nitrogen and oxygen atoms in total. The van der Waals surface area contributed by atoms with Crippen molar-refractivity contribution in [1.29, 1.82) is 0 Å². The predicted molar refractivity (Wildman–Crippen MR) is 213 cm³/mol. The third kappa shape index (κ3) is 8.15. The van der Waals surface area contributed by atoms with Crippen LogP contribution in [0.1, 0.15) is 77.1 Å². The minimum Gasteiger partial charge on any atom is -0.453 e. The van der Waals surface area contributed by atoms with Crippen molar-refractivity contribution in [2.45, 2.75) is 103 Å². The van der Waals surface area contributed by atoms with E-state index in [4.69, 9.17) is 19.4 Å². The lowest BCUT2D eigenvalue weighted by molar-refractivity contribution is -0.135. The number of carbonyl (C=O) groups excluding carboxylic acids is 3. The molecule has 7 rings (SSSR count). The van der Waals surface area contributed by atoms with Crippen molar-refractivity contribution in [3.05, 3.63) is 60.4 Å². The zero-order chi connectivity index (χ0) is 39.7. The summed E-state index contributed by atoms with van der Waals surface area (Å²) in [4.78, 5) is 62.6. The Bertz CT molecular complexity index is 2070. The average Bonchev–Trinajstić information content (AvgIpc) is 4.03. The van der Waals surface area contributed by atoms with Gasteiger partial charge in [0.1, 0.15) is 23.9 Å². The Kier molecular flexibility index (Phi) is 12.0. The summed E-state index contributed by atoms with van der Waals surface area (Å²) in [5.74, 6) is 1.28. The summed E-state index contributed by atoms with van der Waals surface area (Å²) in [6.45, 7) is 9.04. The van der Waals surface area contributed by atoms with Gasteiger partial charge in [-0.1, -0.05) is 63.4 Å². The highest BCUT2D eigenvalue weighted by Gasteiger charge is 2.39. The minimum atomic E-state index is -0.891. The number of rotatable bonds is 11. The van der Waals surface area contributed by atoms with Gasteiger partial charge in [-0.2, -0.15) is 0 Å². The first-order chi connectivity index (χ1) is 26.9. The lowest BCUT2D eigenvalue weighted by Gasteiger charge is -2.35. The highest BCUT2D eigenvalue weighted by molar-refractivity contribution is 8.05. The average molecular weight is 803 g/mol. The number of nitrogens with one attached hydrogen (secondary N) is 4. The maximum absolute atomic E-state index is 13.6. The first-order valence-corrected chi connectivity index (χ1v) is 20.8. The molecule has 56 heavy (non-hydrogen) atoms. The monoisotopic (exact) mass is 802 g/mol. The van der Waals surface area contributed by atoms with Gasteiger partial charge in [-0.3, -0.25) is 9.69 Å². The molecule has 16 heteroatoms. The molecule has 5 N–H and O–H groups in total. The van der Waals surface area contributed by atoms with Gasteiger partial charge in [0.2, 0.25) is 5.91 Å². The van der Waals surface area contributed by atoms with Crippen LogP contribution in [-0.4, -0.2) is 98.6 Å². The van der Waals surface area contributed by atoms with Crippen LogP contribution in [-0.2, 0) is 14.3 Å². The number of methoxy groups -OCH3 is 2. The van der Waals surface area contributed by atoms with Gasteiger partial charge in [-0.15, -0.1) is 0 Å². The molecule has 5 heterocycles. The van der Waals surface area contributed by atoms with E-state index in [0.717, 1.165) is 79.4 Å². The van der Waals surface area contributed by atoms with E-state index < -0.39 is 30.5 Å². The number of nitrogens with zero attached hydrogens (tertiary/aromatic N) is 4. The van der Waals surface area contributed by atoms with Crippen molar-refractivity contribution in [2.24, 2.45) is 11.8 Å². The molecule has 2 fully saturated rings. The zero-order valence-electron chi connectivity index (χ0n) is 32.5. The number of aliphatic hydroxyl groups is 1. The van der Waals surface area contributed by atoms with Crippen molar-refractivity contribution in [3.8, 4) is 22.5 Å². The Morgan fingerprint density at radius 3 is 1.86 bits per heavy atom. The number of imidazole rings is 2. The van der Waals surface area contributed by atoms with Crippen LogP contribution in [0.2, 0.25) is 0 Å². The van der Waals surface area contributed by atoms with E-state index in [2.05, 4.69) is 57.0 Å². The number of ether oxygens (including phenoxy) is 2. The van der Waals surface area contributed by atoms with Crippen LogP contribution in [0.5, 0.6) is 0 Å². The number of carbonyl (C=O) groups is 3. The fourth-order valence-electron chi connectivity index (χ4n) is 7.80.